The van der Waals surface area contributed by atoms with Crippen molar-refractivity contribution in [3.8, 4) is 11.3 Å². The molecule has 0 bridgehead atoms. The van der Waals surface area contributed by atoms with Gasteiger partial charge in [0.2, 0.25) is 0 Å². The highest BCUT2D eigenvalue weighted by Gasteiger charge is 2.18. The smallest absolute Gasteiger partial charge is 0.259 e. The summed E-state index contributed by atoms with van der Waals surface area (Å²) in [5.74, 6) is -0.179. The average molecular weight is 281 g/mol. The van der Waals surface area contributed by atoms with Gasteiger partial charge in [-0.1, -0.05) is 35.0 Å². The van der Waals surface area contributed by atoms with E-state index >= 15 is 0 Å². The van der Waals surface area contributed by atoms with Crippen LogP contribution in [0.25, 0.3) is 22.4 Å². The number of aryl methyl sites for hydroxylation is 2. The Labute approximate surface area is 122 Å². The van der Waals surface area contributed by atoms with E-state index in [0.717, 1.165) is 5.56 Å². The topological polar surface area (TPSA) is 68.0 Å². The lowest BCUT2D eigenvalue weighted by Gasteiger charge is -2.06. The van der Waals surface area contributed by atoms with Crippen LogP contribution in [0, 0.1) is 13.8 Å². The molecular formula is C16H15N3O2. The van der Waals surface area contributed by atoms with Crippen LogP contribution in [0.1, 0.15) is 21.6 Å². The van der Waals surface area contributed by atoms with E-state index < -0.39 is 0 Å². The molecule has 0 aliphatic carbocycles. The van der Waals surface area contributed by atoms with Gasteiger partial charge in [0.05, 0.1) is 22.3 Å². The van der Waals surface area contributed by atoms with Gasteiger partial charge in [-0.05, 0) is 19.9 Å². The lowest BCUT2D eigenvalue weighted by molar-refractivity contribution is 0.0964. The fourth-order valence-electron chi connectivity index (χ4n) is 2.28. The molecular weight excluding hydrogens is 266 g/mol. The summed E-state index contributed by atoms with van der Waals surface area (Å²) in [5.41, 5.74) is 4.35. The molecule has 3 rings (SSSR count). The molecule has 0 radical (unpaired) electrons. The van der Waals surface area contributed by atoms with Crippen LogP contribution in [-0.2, 0) is 0 Å². The summed E-state index contributed by atoms with van der Waals surface area (Å²) in [6, 6.07) is 9.73. The van der Waals surface area contributed by atoms with E-state index in [2.05, 4.69) is 15.5 Å². The van der Waals surface area contributed by atoms with Gasteiger partial charge in [-0.15, -0.1) is 0 Å². The Morgan fingerprint density at radius 1 is 1.19 bits per heavy atom. The van der Waals surface area contributed by atoms with Crippen LogP contribution >= 0.6 is 0 Å². The van der Waals surface area contributed by atoms with E-state index in [1.807, 2.05) is 31.2 Å². The summed E-state index contributed by atoms with van der Waals surface area (Å²) < 4.78 is 5.23. The van der Waals surface area contributed by atoms with E-state index in [-0.39, 0.29) is 5.91 Å². The molecule has 0 atom stereocenters. The van der Waals surface area contributed by atoms with Gasteiger partial charge >= 0.3 is 0 Å². The number of benzene rings is 1. The second-order valence-electron chi connectivity index (χ2n) is 4.95. The molecule has 2 aromatic heterocycles. The first kappa shape index (κ1) is 13.3. The fraction of sp³-hybridized carbons (Fsp3) is 0.188. The first-order valence-electron chi connectivity index (χ1n) is 6.66. The number of carbonyl (C=O) groups excluding carboxylic acids is 1. The van der Waals surface area contributed by atoms with Crippen LogP contribution in [0.5, 0.6) is 0 Å². The van der Waals surface area contributed by atoms with Crippen molar-refractivity contribution in [3.63, 3.8) is 0 Å². The van der Waals surface area contributed by atoms with Crippen LogP contribution in [0.3, 0.4) is 0 Å². The molecule has 21 heavy (non-hydrogen) atoms. The fourth-order valence-corrected chi connectivity index (χ4v) is 2.28. The summed E-state index contributed by atoms with van der Waals surface area (Å²) in [5, 5.41) is 7.20. The Morgan fingerprint density at radius 3 is 2.57 bits per heavy atom. The van der Waals surface area contributed by atoms with Crippen molar-refractivity contribution in [2.24, 2.45) is 0 Å². The zero-order chi connectivity index (χ0) is 15.0. The molecule has 1 amide bonds. The van der Waals surface area contributed by atoms with Crippen molar-refractivity contribution in [2.75, 3.05) is 7.05 Å². The van der Waals surface area contributed by atoms with Crippen LogP contribution in [-0.4, -0.2) is 23.1 Å². The lowest BCUT2D eigenvalue weighted by Crippen LogP contribution is -2.18. The van der Waals surface area contributed by atoms with E-state index in [4.69, 9.17) is 4.52 Å². The third-order valence-electron chi connectivity index (χ3n) is 3.44. The third kappa shape index (κ3) is 2.27. The Balaban J connectivity index is 2.25. The molecule has 5 nitrogen and oxygen atoms in total. The van der Waals surface area contributed by atoms with E-state index in [1.165, 1.54) is 5.56 Å². The number of aromatic nitrogens is 2. The number of carbonyl (C=O) groups is 1. The van der Waals surface area contributed by atoms with Gasteiger partial charge in [-0.2, -0.15) is 0 Å². The number of hydrogen-bond acceptors (Lipinski definition) is 4. The number of fused-ring (bicyclic) bond motifs is 1. The minimum absolute atomic E-state index is 0.179. The number of amides is 1. The number of hydrogen-bond donors (Lipinski definition) is 1. The van der Waals surface area contributed by atoms with Crippen molar-refractivity contribution in [1.29, 1.82) is 0 Å². The standard InChI is InChI=1S/C16H15N3O2/c1-9-4-6-11(7-5-9)13-8-12(15(20)17-3)14-10(2)19-21-16(14)18-13/h4-8H,1-3H3,(H,17,20). The van der Waals surface area contributed by atoms with Gasteiger partial charge in [0.25, 0.3) is 11.6 Å². The number of nitrogens with one attached hydrogen (secondary N) is 1. The van der Waals surface area contributed by atoms with Gasteiger partial charge in [-0.3, -0.25) is 4.79 Å². The first-order valence-corrected chi connectivity index (χ1v) is 6.66. The molecule has 2 heterocycles. The maximum absolute atomic E-state index is 12.1. The van der Waals surface area contributed by atoms with Gasteiger partial charge in [0.1, 0.15) is 0 Å². The molecule has 3 aromatic rings. The molecule has 0 saturated carbocycles. The molecule has 0 fully saturated rings. The van der Waals surface area contributed by atoms with Crippen LogP contribution in [0.4, 0.5) is 0 Å². The monoisotopic (exact) mass is 281 g/mol. The third-order valence-corrected chi connectivity index (χ3v) is 3.44. The normalized spacial score (nSPS) is 10.8. The van der Waals surface area contributed by atoms with E-state index in [0.29, 0.717) is 28.1 Å². The largest absolute Gasteiger partial charge is 0.355 e. The van der Waals surface area contributed by atoms with Gasteiger partial charge in [0.15, 0.2) is 0 Å². The highest BCUT2D eigenvalue weighted by Crippen LogP contribution is 2.27. The molecule has 1 aromatic carbocycles. The summed E-state index contributed by atoms with van der Waals surface area (Å²) >= 11 is 0. The summed E-state index contributed by atoms with van der Waals surface area (Å²) in [6.07, 6.45) is 0. The molecule has 0 unspecified atom stereocenters. The quantitative estimate of drug-likeness (QED) is 0.784. The highest BCUT2D eigenvalue weighted by atomic mass is 16.5. The van der Waals surface area contributed by atoms with Crippen LogP contribution in [0.15, 0.2) is 34.9 Å². The Morgan fingerprint density at radius 2 is 1.90 bits per heavy atom. The van der Waals surface area contributed by atoms with Gasteiger partial charge in [0, 0.05) is 12.6 Å². The predicted octanol–water partition coefficient (Wildman–Crippen LogP) is 2.87. The van der Waals surface area contributed by atoms with Crippen molar-refractivity contribution in [2.45, 2.75) is 13.8 Å². The zero-order valence-corrected chi connectivity index (χ0v) is 12.1. The summed E-state index contributed by atoms with van der Waals surface area (Å²) in [4.78, 5) is 16.6. The predicted molar refractivity (Wildman–Crippen MR) is 80.1 cm³/mol. The van der Waals surface area contributed by atoms with Gasteiger partial charge < -0.3 is 9.84 Å². The maximum atomic E-state index is 12.1. The number of rotatable bonds is 2. The van der Waals surface area contributed by atoms with E-state index in [1.54, 1.807) is 20.0 Å². The minimum atomic E-state index is -0.179. The Bertz CT molecular complexity index is 819. The van der Waals surface area contributed by atoms with E-state index in [9.17, 15) is 4.79 Å². The molecule has 0 aliphatic rings. The van der Waals surface area contributed by atoms with Crippen LogP contribution in [0.2, 0.25) is 0 Å². The second kappa shape index (κ2) is 5.01. The lowest BCUT2D eigenvalue weighted by atomic mass is 10.0. The Kier molecular flexibility index (Phi) is 3.17. The van der Waals surface area contributed by atoms with Crippen molar-refractivity contribution in [1.82, 2.24) is 15.5 Å². The van der Waals surface area contributed by atoms with Crippen LogP contribution < -0.4 is 5.32 Å². The van der Waals surface area contributed by atoms with Crippen molar-refractivity contribution < 1.29 is 9.32 Å². The number of nitrogens with zero attached hydrogens (tertiary/aromatic N) is 2. The van der Waals surface area contributed by atoms with Crippen molar-refractivity contribution in [3.05, 3.63) is 47.2 Å². The molecule has 0 saturated heterocycles. The molecule has 0 aliphatic heterocycles. The highest BCUT2D eigenvalue weighted by molar-refractivity contribution is 6.06. The molecule has 106 valence electrons. The Hall–Kier alpha value is -2.69. The minimum Gasteiger partial charge on any atom is -0.355 e. The average Bonchev–Trinajstić information content (AvgIpc) is 2.88. The number of pyridine rings is 1. The zero-order valence-electron chi connectivity index (χ0n) is 12.1. The molecule has 1 N–H and O–H groups in total. The first-order chi connectivity index (χ1) is 10.1. The molecule has 5 heteroatoms. The summed E-state index contributed by atoms with van der Waals surface area (Å²) in [7, 11) is 1.60. The SMILES string of the molecule is CNC(=O)c1cc(-c2ccc(C)cc2)nc2onc(C)c12. The summed E-state index contributed by atoms with van der Waals surface area (Å²) in [6.45, 7) is 3.82. The van der Waals surface area contributed by atoms with Gasteiger partial charge in [-0.25, -0.2) is 4.98 Å². The molecule has 0 spiro atoms. The second-order valence-corrected chi connectivity index (χ2v) is 4.95. The van der Waals surface area contributed by atoms with Crippen molar-refractivity contribution >= 4 is 17.0 Å². The maximum Gasteiger partial charge on any atom is 0.259 e.